The van der Waals surface area contributed by atoms with Crippen LogP contribution in [0.15, 0.2) is 11.2 Å². The summed E-state index contributed by atoms with van der Waals surface area (Å²) in [6, 6.07) is 2.36. The molecule has 0 aliphatic rings. The summed E-state index contributed by atoms with van der Waals surface area (Å²) in [5.74, 6) is 1.77. The second kappa shape index (κ2) is 8.22. The minimum atomic E-state index is 0.390. The van der Waals surface area contributed by atoms with Gasteiger partial charge in [-0.05, 0) is 47.2 Å². The molecule has 19 heavy (non-hydrogen) atoms. The molecule has 0 radical (unpaired) electrons. The molecule has 1 heterocycles. The molecule has 0 bridgehead atoms. The lowest BCUT2D eigenvalue weighted by molar-refractivity contribution is 0.390. The summed E-state index contributed by atoms with van der Waals surface area (Å²) in [6.07, 6.45) is 3.08. The Morgan fingerprint density at radius 1 is 1.32 bits per heavy atom. The van der Waals surface area contributed by atoms with Crippen molar-refractivity contribution in [3.8, 4) is 0 Å². The Morgan fingerprint density at radius 3 is 2.58 bits per heavy atom. The Morgan fingerprint density at radius 2 is 2.00 bits per heavy atom. The molecule has 2 N–H and O–H groups in total. The largest absolute Gasteiger partial charge is 0.370 e. The third-order valence-corrected chi connectivity index (χ3v) is 3.20. The molecular weight excluding hydrogens is 258 g/mol. The molecule has 6 heteroatoms. The minimum absolute atomic E-state index is 0.390. The van der Waals surface area contributed by atoms with E-state index in [1.807, 2.05) is 12.3 Å². The van der Waals surface area contributed by atoms with Gasteiger partial charge in [0.15, 0.2) is 5.16 Å². The Bertz CT molecular complexity index is 383. The van der Waals surface area contributed by atoms with Crippen LogP contribution >= 0.6 is 11.8 Å². The maximum absolute atomic E-state index is 4.49. The average Bonchev–Trinajstić information content (AvgIpc) is 2.36. The summed E-state index contributed by atoms with van der Waals surface area (Å²) < 4.78 is 0. The number of thioether (sulfide) groups is 1. The number of rotatable bonds is 8. The lowest BCUT2D eigenvalue weighted by Gasteiger charge is -2.18. The van der Waals surface area contributed by atoms with E-state index in [9.17, 15) is 0 Å². The number of hydrogen-bond donors (Lipinski definition) is 2. The van der Waals surface area contributed by atoms with E-state index in [1.165, 1.54) is 0 Å². The smallest absolute Gasteiger partial charge is 0.191 e. The van der Waals surface area contributed by atoms with Crippen molar-refractivity contribution in [3.05, 3.63) is 6.07 Å². The number of hydrogen-bond acceptors (Lipinski definition) is 6. The van der Waals surface area contributed by atoms with E-state index in [-0.39, 0.29) is 0 Å². The molecule has 108 valence electrons. The van der Waals surface area contributed by atoms with Crippen molar-refractivity contribution in [1.29, 1.82) is 0 Å². The van der Waals surface area contributed by atoms with Crippen molar-refractivity contribution in [2.75, 3.05) is 44.1 Å². The number of anilines is 2. The van der Waals surface area contributed by atoms with Crippen LogP contribution in [0, 0.1) is 0 Å². The number of aromatic nitrogens is 2. The van der Waals surface area contributed by atoms with Gasteiger partial charge < -0.3 is 15.5 Å². The molecule has 1 aromatic rings. The summed E-state index contributed by atoms with van der Waals surface area (Å²) in [7, 11) is 4.18. The van der Waals surface area contributed by atoms with Gasteiger partial charge in [0, 0.05) is 18.7 Å². The van der Waals surface area contributed by atoms with Crippen molar-refractivity contribution < 1.29 is 0 Å². The van der Waals surface area contributed by atoms with Gasteiger partial charge in [-0.2, -0.15) is 0 Å². The quantitative estimate of drug-likeness (QED) is 0.564. The Balaban J connectivity index is 2.67. The normalized spacial score (nSPS) is 12.5. The van der Waals surface area contributed by atoms with E-state index in [4.69, 9.17) is 0 Å². The van der Waals surface area contributed by atoms with Crippen LogP contribution < -0.4 is 10.6 Å². The minimum Gasteiger partial charge on any atom is -0.370 e. The second-order valence-electron chi connectivity index (χ2n) is 4.79. The van der Waals surface area contributed by atoms with Crippen molar-refractivity contribution in [2.24, 2.45) is 0 Å². The van der Waals surface area contributed by atoms with Crippen molar-refractivity contribution in [3.63, 3.8) is 0 Å². The van der Waals surface area contributed by atoms with Gasteiger partial charge in [0.1, 0.15) is 11.6 Å². The van der Waals surface area contributed by atoms with Crippen LogP contribution in [0.4, 0.5) is 11.6 Å². The van der Waals surface area contributed by atoms with Crippen molar-refractivity contribution in [2.45, 2.75) is 31.5 Å². The number of nitrogens with zero attached hydrogens (tertiary/aromatic N) is 3. The molecule has 1 atom stereocenters. The van der Waals surface area contributed by atoms with Gasteiger partial charge in [-0.25, -0.2) is 9.97 Å². The molecule has 0 amide bonds. The van der Waals surface area contributed by atoms with E-state index in [2.05, 4.69) is 53.4 Å². The molecule has 1 aromatic heterocycles. The van der Waals surface area contributed by atoms with Crippen LogP contribution in [-0.2, 0) is 0 Å². The van der Waals surface area contributed by atoms with Crippen LogP contribution in [0.3, 0.4) is 0 Å². The highest BCUT2D eigenvalue weighted by Gasteiger charge is 2.07. The molecule has 5 nitrogen and oxygen atoms in total. The van der Waals surface area contributed by atoms with E-state index in [1.54, 1.807) is 11.8 Å². The van der Waals surface area contributed by atoms with Gasteiger partial charge in [0.25, 0.3) is 0 Å². The molecule has 0 spiro atoms. The molecular formula is C13H25N5S. The Hall–Kier alpha value is -1.01. The molecule has 1 unspecified atom stereocenters. The predicted octanol–water partition coefficient (Wildman–Crippen LogP) is 2.38. The van der Waals surface area contributed by atoms with E-state index < -0.39 is 0 Å². The highest BCUT2D eigenvalue weighted by atomic mass is 32.2. The fourth-order valence-corrected chi connectivity index (χ4v) is 2.02. The zero-order valence-electron chi connectivity index (χ0n) is 12.5. The molecule has 1 rings (SSSR count). The topological polar surface area (TPSA) is 53.1 Å². The molecule has 0 fully saturated rings. The van der Waals surface area contributed by atoms with E-state index in [0.29, 0.717) is 6.04 Å². The first-order valence-corrected chi connectivity index (χ1v) is 7.85. The molecule has 0 aliphatic carbocycles. The summed E-state index contributed by atoms with van der Waals surface area (Å²) in [5, 5.41) is 7.47. The Labute approximate surface area is 120 Å². The van der Waals surface area contributed by atoms with Crippen LogP contribution in [-0.4, -0.2) is 54.4 Å². The van der Waals surface area contributed by atoms with Gasteiger partial charge in [0.05, 0.1) is 0 Å². The van der Waals surface area contributed by atoms with Crippen molar-refractivity contribution >= 4 is 23.4 Å². The van der Waals surface area contributed by atoms with Crippen LogP contribution in [0.2, 0.25) is 0 Å². The first kappa shape index (κ1) is 16.0. The monoisotopic (exact) mass is 283 g/mol. The first-order valence-electron chi connectivity index (χ1n) is 6.63. The second-order valence-corrected chi connectivity index (χ2v) is 5.57. The van der Waals surface area contributed by atoms with E-state index >= 15 is 0 Å². The summed E-state index contributed by atoms with van der Waals surface area (Å²) in [5.41, 5.74) is 0. The van der Waals surface area contributed by atoms with Crippen molar-refractivity contribution in [1.82, 2.24) is 14.9 Å². The van der Waals surface area contributed by atoms with Gasteiger partial charge in [-0.1, -0.05) is 11.8 Å². The molecule has 0 saturated carbocycles. The highest BCUT2D eigenvalue weighted by Crippen LogP contribution is 2.18. The van der Waals surface area contributed by atoms with Gasteiger partial charge in [0.2, 0.25) is 0 Å². The van der Waals surface area contributed by atoms with Gasteiger partial charge in [-0.15, -0.1) is 0 Å². The van der Waals surface area contributed by atoms with Crippen LogP contribution in [0.1, 0.15) is 20.3 Å². The summed E-state index contributed by atoms with van der Waals surface area (Å²) in [4.78, 5) is 11.1. The molecule has 0 aromatic carbocycles. The van der Waals surface area contributed by atoms with Crippen LogP contribution in [0.25, 0.3) is 0 Å². The third-order valence-electron chi connectivity index (χ3n) is 2.65. The fourth-order valence-electron chi connectivity index (χ4n) is 1.64. The maximum atomic E-state index is 4.49. The lowest BCUT2D eigenvalue weighted by Crippen LogP contribution is -2.23. The maximum Gasteiger partial charge on any atom is 0.191 e. The summed E-state index contributed by atoms with van der Waals surface area (Å²) >= 11 is 1.56. The van der Waals surface area contributed by atoms with Gasteiger partial charge in [-0.3, -0.25) is 0 Å². The zero-order valence-corrected chi connectivity index (χ0v) is 13.3. The zero-order chi connectivity index (χ0) is 14.3. The summed E-state index contributed by atoms with van der Waals surface area (Å²) in [6.45, 7) is 6.17. The lowest BCUT2D eigenvalue weighted by atomic mass is 10.2. The van der Waals surface area contributed by atoms with Crippen LogP contribution in [0.5, 0.6) is 0 Å². The Kier molecular flexibility index (Phi) is 6.94. The van der Waals surface area contributed by atoms with Gasteiger partial charge >= 0.3 is 0 Å². The highest BCUT2D eigenvalue weighted by molar-refractivity contribution is 7.98. The number of nitrogens with one attached hydrogen (secondary N) is 2. The SMILES string of the molecule is CCNc1cc(NC(C)CCN(C)C)nc(SC)n1. The molecule has 0 saturated heterocycles. The third kappa shape index (κ3) is 6.11. The standard InChI is InChI=1S/C13H25N5S/c1-6-14-11-9-12(17-13(16-11)19-5)15-10(2)7-8-18(3)4/h9-10H,6-8H2,1-5H3,(H2,14,15,16,17). The predicted molar refractivity (Wildman–Crippen MR) is 84.2 cm³/mol. The molecule has 0 aliphatic heterocycles. The fraction of sp³-hybridized carbons (Fsp3) is 0.692. The average molecular weight is 283 g/mol. The first-order chi connectivity index (χ1) is 9.05. The van der Waals surface area contributed by atoms with E-state index in [0.717, 1.165) is 36.3 Å².